The second kappa shape index (κ2) is 6.31. The van der Waals surface area contributed by atoms with Gasteiger partial charge in [0.25, 0.3) is 5.69 Å². The van der Waals surface area contributed by atoms with Crippen LogP contribution in [-0.4, -0.2) is 25.4 Å². The summed E-state index contributed by atoms with van der Waals surface area (Å²) in [5, 5.41) is 10.9. The topological polar surface area (TPSA) is 115 Å². The third-order valence-electron chi connectivity index (χ3n) is 4.21. The Balaban J connectivity index is 2.20. The molecule has 1 aliphatic carbocycles. The molecule has 22 heavy (non-hydrogen) atoms. The highest BCUT2D eigenvalue weighted by Crippen LogP contribution is 2.27. The maximum Gasteiger partial charge on any atom is 0.273 e. The van der Waals surface area contributed by atoms with Crippen LogP contribution in [0.15, 0.2) is 23.1 Å². The number of hydrogen-bond donors (Lipinski definition) is 2. The van der Waals surface area contributed by atoms with Crippen molar-refractivity contribution in [3.05, 3.63) is 33.9 Å². The molecular weight excluding hydrogens is 306 g/mol. The minimum atomic E-state index is -3.82. The van der Waals surface area contributed by atoms with Gasteiger partial charge in [0.2, 0.25) is 10.0 Å². The van der Waals surface area contributed by atoms with Crippen molar-refractivity contribution in [3.63, 3.8) is 0 Å². The lowest BCUT2D eigenvalue weighted by Crippen LogP contribution is -2.51. The molecule has 0 spiro atoms. The van der Waals surface area contributed by atoms with Crippen LogP contribution in [0.2, 0.25) is 0 Å². The summed E-state index contributed by atoms with van der Waals surface area (Å²) >= 11 is 0. The highest BCUT2D eigenvalue weighted by atomic mass is 32.2. The average molecular weight is 327 g/mol. The van der Waals surface area contributed by atoms with Crippen LogP contribution < -0.4 is 10.5 Å². The fourth-order valence-electron chi connectivity index (χ4n) is 2.84. The average Bonchev–Trinajstić information content (AvgIpc) is 2.46. The second-order valence-corrected chi connectivity index (χ2v) is 7.64. The van der Waals surface area contributed by atoms with Gasteiger partial charge in [-0.05, 0) is 25.8 Å². The smallest absolute Gasteiger partial charge is 0.273 e. The molecule has 0 bridgehead atoms. The molecule has 1 aromatic rings. The van der Waals surface area contributed by atoms with Crippen LogP contribution in [0.5, 0.6) is 0 Å². The van der Waals surface area contributed by atoms with E-state index >= 15 is 0 Å². The highest BCUT2D eigenvalue weighted by molar-refractivity contribution is 7.89. The molecule has 3 N–H and O–H groups in total. The van der Waals surface area contributed by atoms with Gasteiger partial charge in [0.1, 0.15) is 0 Å². The molecule has 0 saturated heterocycles. The number of nitrogens with two attached hydrogens (primary N) is 1. The van der Waals surface area contributed by atoms with Crippen LogP contribution in [0.1, 0.15) is 37.7 Å². The Labute approximate surface area is 130 Å². The monoisotopic (exact) mass is 327 g/mol. The minimum absolute atomic E-state index is 0.0684. The number of sulfonamides is 1. The van der Waals surface area contributed by atoms with Crippen molar-refractivity contribution in [2.24, 2.45) is 5.73 Å². The van der Waals surface area contributed by atoms with Gasteiger partial charge in [-0.2, -0.15) is 0 Å². The molecule has 0 atom stereocenters. The summed E-state index contributed by atoms with van der Waals surface area (Å²) in [5.74, 6) is 0. The summed E-state index contributed by atoms with van der Waals surface area (Å²) in [5.41, 5.74) is 5.63. The Morgan fingerprint density at radius 1 is 1.32 bits per heavy atom. The molecule has 1 saturated carbocycles. The Bertz CT molecular complexity index is 667. The summed E-state index contributed by atoms with van der Waals surface area (Å²) in [6, 6.07) is 4.03. The van der Waals surface area contributed by atoms with E-state index in [-0.39, 0.29) is 22.7 Å². The van der Waals surface area contributed by atoms with Crippen LogP contribution in [0.3, 0.4) is 0 Å². The van der Waals surface area contributed by atoms with Crippen LogP contribution in [0, 0.1) is 17.0 Å². The van der Waals surface area contributed by atoms with Gasteiger partial charge in [0.05, 0.1) is 9.82 Å². The summed E-state index contributed by atoms with van der Waals surface area (Å²) < 4.78 is 27.4. The Hall–Kier alpha value is -1.51. The molecule has 1 fully saturated rings. The molecule has 0 aliphatic heterocycles. The van der Waals surface area contributed by atoms with Crippen LogP contribution >= 0.6 is 0 Å². The number of rotatable bonds is 5. The molecule has 1 aliphatic rings. The maximum atomic E-state index is 12.4. The molecule has 0 amide bonds. The quantitative estimate of drug-likeness (QED) is 0.632. The van der Waals surface area contributed by atoms with Crippen molar-refractivity contribution in [3.8, 4) is 0 Å². The Morgan fingerprint density at radius 2 is 1.95 bits per heavy atom. The summed E-state index contributed by atoms with van der Waals surface area (Å²) in [4.78, 5) is 10.3. The first-order chi connectivity index (χ1) is 10.3. The van der Waals surface area contributed by atoms with E-state index in [0.717, 1.165) is 32.1 Å². The first kappa shape index (κ1) is 16.9. The van der Waals surface area contributed by atoms with Crippen molar-refractivity contribution >= 4 is 15.7 Å². The van der Waals surface area contributed by atoms with Gasteiger partial charge >= 0.3 is 0 Å². The molecule has 8 heteroatoms. The fraction of sp³-hybridized carbons (Fsp3) is 0.571. The number of nitrogens with one attached hydrogen (secondary N) is 1. The molecule has 0 aromatic heterocycles. The van der Waals surface area contributed by atoms with Gasteiger partial charge < -0.3 is 5.73 Å². The Kier molecular flexibility index (Phi) is 4.84. The summed E-state index contributed by atoms with van der Waals surface area (Å²) in [6.45, 7) is 1.59. The first-order valence-electron chi connectivity index (χ1n) is 7.28. The predicted molar refractivity (Wildman–Crippen MR) is 83.0 cm³/mol. The van der Waals surface area contributed by atoms with Crippen molar-refractivity contribution in [2.75, 3.05) is 6.54 Å². The first-order valence-corrected chi connectivity index (χ1v) is 8.76. The standard InChI is InChI=1S/C14H21N3O4S/c1-11-12(17(18)19)6-5-7-13(11)22(20,21)16-10-14(15)8-3-2-4-9-14/h5-7,16H,2-4,8-10,15H2,1H3. The van der Waals surface area contributed by atoms with Crippen molar-refractivity contribution in [2.45, 2.75) is 49.5 Å². The number of hydrogen-bond acceptors (Lipinski definition) is 5. The lowest BCUT2D eigenvalue weighted by atomic mass is 9.83. The van der Waals surface area contributed by atoms with Crippen molar-refractivity contribution in [1.29, 1.82) is 0 Å². The van der Waals surface area contributed by atoms with Crippen LogP contribution in [-0.2, 0) is 10.0 Å². The van der Waals surface area contributed by atoms with E-state index in [9.17, 15) is 18.5 Å². The van der Waals surface area contributed by atoms with Gasteiger partial charge in [0.15, 0.2) is 0 Å². The minimum Gasteiger partial charge on any atom is -0.324 e. The van der Waals surface area contributed by atoms with E-state index in [2.05, 4.69) is 4.72 Å². The van der Waals surface area contributed by atoms with Gasteiger partial charge in [-0.1, -0.05) is 25.3 Å². The SMILES string of the molecule is Cc1c([N+](=O)[O-])cccc1S(=O)(=O)NCC1(N)CCCCC1. The normalized spacial score (nSPS) is 18.1. The zero-order valence-electron chi connectivity index (χ0n) is 12.5. The summed E-state index contributed by atoms with van der Waals surface area (Å²) in [7, 11) is -3.82. The van der Waals surface area contributed by atoms with E-state index in [4.69, 9.17) is 5.73 Å². The van der Waals surface area contributed by atoms with Crippen LogP contribution in [0.4, 0.5) is 5.69 Å². The Morgan fingerprint density at radius 3 is 2.55 bits per heavy atom. The molecule has 0 unspecified atom stereocenters. The van der Waals surface area contributed by atoms with Crippen molar-refractivity contribution < 1.29 is 13.3 Å². The largest absolute Gasteiger partial charge is 0.324 e. The lowest BCUT2D eigenvalue weighted by Gasteiger charge is -2.33. The number of benzene rings is 1. The third kappa shape index (κ3) is 3.63. The molecule has 122 valence electrons. The summed E-state index contributed by atoms with van der Waals surface area (Å²) in [6.07, 6.45) is 4.67. The zero-order chi connectivity index (χ0) is 16.4. The van der Waals surface area contributed by atoms with E-state index < -0.39 is 20.5 Å². The predicted octanol–water partition coefficient (Wildman–Crippen LogP) is 1.84. The van der Waals surface area contributed by atoms with Gasteiger partial charge in [-0.25, -0.2) is 13.1 Å². The van der Waals surface area contributed by atoms with E-state index in [1.54, 1.807) is 0 Å². The fourth-order valence-corrected chi connectivity index (χ4v) is 4.24. The second-order valence-electron chi connectivity index (χ2n) is 5.90. The van der Waals surface area contributed by atoms with Gasteiger partial charge in [0, 0.05) is 23.7 Å². The van der Waals surface area contributed by atoms with Crippen molar-refractivity contribution in [1.82, 2.24) is 4.72 Å². The molecule has 0 heterocycles. The molecular formula is C14H21N3O4S. The number of nitro groups is 1. The van der Waals surface area contributed by atoms with E-state index in [1.807, 2.05) is 0 Å². The van der Waals surface area contributed by atoms with E-state index in [1.165, 1.54) is 25.1 Å². The molecule has 1 aromatic carbocycles. The number of nitro benzene ring substituents is 1. The maximum absolute atomic E-state index is 12.4. The van der Waals surface area contributed by atoms with Gasteiger partial charge in [-0.15, -0.1) is 0 Å². The molecule has 2 rings (SSSR count). The number of nitrogens with zero attached hydrogens (tertiary/aromatic N) is 1. The van der Waals surface area contributed by atoms with E-state index in [0.29, 0.717) is 0 Å². The van der Waals surface area contributed by atoms with Gasteiger partial charge in [-0.3, -0.25) is 10.1 Å². The molecule has 0 radical (unpaired) electrons. The van der Waals surface area contributed by atoms with Crippen LogP contribution in [0.25, 0.3) is 0 Å². The third-order valence-corrected chi connectivity index (χ3v) is 5.75. The highest BCUT2D eigenvalue weighted by Gasteiger charge is 2.30. The molecule has 7 nitrogen and oxygen atoms in total. The zero-order valence-corrected chi connectivity index (χ0v) is 13.4. The lowest BCUT2D eigenvalue weighted by molar-refractivity contribution is -0.385.